The Kier molecular flexibility index (Phi) is 3.04. The van der Waals surface area contributed by atoms with Gasteiger partial charge in [-0.05, 0) is 30.9 Å². The van der Waals surface area contributed by atoms with Gasteiger partial charge < -0.3 is 5.11 Å². The van der Waals surface area contributed by atoms with E-state index in [9.17, 15) is 13.5 Å². The maximum Gasteiger partial charge on any atom is 0.245 e. The summed E-state index contributed by atoms with van der Waals surface area (Å²) in [6.07, 6.45) is 1.32. The second kappa shape index (κ2) is 4.70. The average molecular weight is 325 g/mol. The van der Waals surface area contributed by atoms with Gasteiger partial charge in [-0.3, -0.25) is 0 Å². The van der Waals surface area contributed by atoms with Crippen LogP contribution in [0.1, 0.15) is 12.8 Å². The summed E-state index contributed by atoms with van der Waals surface area (Å²) >= 11 is 1.02. The Labute approximate surface area is 126 Å². The van der Waals surface area contributed by atoms with Crippen molar-refractivity contribution in [2.24, 2.45) is 20.6 Å². The summed E-state index contributed by atoms with van der Waals surface area (Å²) in [5, 5.41) is 9.95. The number of hydrogen-bond acceptors (Lipinski definition) is 5. The summed E-state index contributed by atoms with van der Waals surface area (Å²) in [5.74, 6) is 0.357. The molecule has 21 heavy (non-hydrogen) atoms. The number of hydrogen-bond donors (Lipinski definition) is 1. The highest BCUT2D eigenvalue weighted by Gasteiger charge is 2.46. The molecule has 1 saturated carbocycles. The molecule has 3 atom stereocenters. The topological polar surface area (TPSA) is 82.3 Å². The zero-order valence-electron chi connectivity index (χ0n) is 11.2. The minimum Gasteiger partial charge on any atom is -0.393 e. The highest BCUT2D eigenvalue weighted by Crippen LogP contribution is 2.43. The molecular weight excluding hydrogens is 310 g/mol. The van der Waals surface area contributed by atoms with Gasteiger partial charge in [0.05, 0.1) is 17.5 Å². The van der Waals surface area contributed by atoms with Crippen molar-refractivity contribution in [1.82, 2.24) is 4.31 Å². The number of aliphatic hydroxyl groups is 1. The van der Waals surface area contributed by atoms with Crippen molar-refractivity contribution in [2.75, 3.05) is 13.1 Å². The van der Waals surface area contributed by atoms with Crippen molar-refractivity contribution in [2.45, 2.75) is 23.8 Å². The van der Waals surface area contributed by atoms with E-state index in [-0.39, 0.29) is 22.8 Å². The highest BCUT2D eigenvalue weighted by atomic mass is 32.2. The fourth-order valence-electron chi connectivity index (χ4n) is 3.52. The molecule has 0 radical (unpaired) electrons. The van der Waals surface area contributed by atoms with Gasteiger partial charge in [-0.2, -0.15) is 13.0 Å². The Morgan fingerprint density at radius 2 is 2.10 bits per heavy atom. The quantitative estimate of drug-likeness (QED) is 0.914. The molecule has 8 heteroatoms. The van der Waals surface area contributed by atoms with Crippen LogP contribution in [0.25, 0.3) is 0 Å². The van der Waals surface area contributed by atoms with E-state index in [1.54, 1.807) is 18.2 Å². The molecule has 1 N–H and O–H groups in total. The van der Waals surface area contributed by atoms with Gasteiger partial charge >= 0.3 is 0 Å². The van der Waals surface area contributed by atoms with E-state index in [0.717, 1.165) is 24.2 Å². The van der Waals surface area contributed by atoms with Gasteiger partial charge in [-0.1, -0.05) is 6.07 Å². The van der Waals surface area contributed by atoms with E-state index in [4.69, 9.17) is 0 Å². The normalized spacial score (nSPS) is 31.2. The van der Waals surface area contributed by atoms with Crippen LogP contribution < -0.4 is 0 Å². The van der Waals surface area contributed by atoms with Crippen molar-refractivity contribution in [3.63, 3.8) is 0 Å². The zero-order valence-corrected chi connectivity index (χ0v) is 12.8. The van der Waals surface area contributed by atoms with E-state index in [0.29, 0.717) is 24.5 Å². The van der Waals surface area contributed by atoms with Gasteiger partial charge in [-0.15, -0.1) is 0 Å². The fraction of sp³-hybridized carbons (Fsp3) is 0.538. The van der Waals surface area contributed by atoms with E-state index in [1.165, 1.54) is 4.31 Å². The SMILES string of the molecule is O=S(=O)(c1cccc2c1N=S=N2)N1CC2CCC(O)C2C1. The molecule has 1 aromatic carbocycles. The Morgan fingerprint density at radius 3 is 2.90 bits per heavy atom. The lowest BCUT2D eigenvalue weighted by molar-refractivity contribution is 0.129. The molecule has 1 aromatic rings. The molecule has 3 aliphatic rings. The number of nitrogens with zero attached hydrogens (tertiary/aromatic N) is 3. The Morgan fingerprint density at radius 1 is 1.24 bits per heavy atom. The summed E-state index contributed by atoms with van der Waals surface area (Å²) in [6.45, 7) is 0.903. The van der Waals surface area contributed by atoms with Crippen LogP contribution in [-0.4, -0.2) is 37.0 Å². The summed E-state index contributed by atoms with van der Waals surface area (Å²) < 4.78 is 35.4. The monoisotopic (exact) mass is 325 g/mol. The van der Waals surface area contributed by atoms with Crippen LogP contribution in [0.3, 0.4) is 0 Å². The first kappa shape index (κ1) is 13.6. The van der Waals surface area contributed by atoms with Crippen molar-refractivity contribution < 1.29 is 13.5 Å². The van der Waals surface area contributed by atoms with Crippen LogP contribution in [0.2, 0.25) is 0 Å². The first-order chi connectivity index (χ1) is 10.1. The molecule has 2 aliphatic heterocycles. The third-order valence-corrected chi connectivity index (χ3v) is 7.06. The Bertz CT molecular complexity index is 771. The number of benzene rings is 1. The number of fused-ring (bicyclic) bond motifs is 2. The summed E-state index contributed by atoms with van der Waals surface area (Å²) in [6, 6.07) is 5.05. The molecule has 1 aliphatic carbocycles. The first-order valence-corrected chi connectivity index (χ1v) is 9.14. The van der Waals surface area contributed by atoms with Crippen molar-refractivity contribution in [3.05, 3.63) is 18.2 Å². The van der Waals surface area contributed by atoms with Gasteiger partial charge in [0.2, 0.25) is 10.0 Å². The molecule has 0 aromatic heterocycles. The number of rotatable bonds is 2. The van der Waals surface area contributed by atoms with Crippen LogP contribution in [0, 0.1) is 11.8 Å². The van der Waals surface area contributed by atoms with E-state index < -0.39 is 10.0 Å². The molecule has 2 heterocycles. The fourth-order valence-corrected chi connectivity index (χ4v) is 5.81. The average Bonchev–Trinajstić information content (AvgIpc) is 3.15. The summed E-state index contributed by atoms with van der Waals surface area (Å²) in [7, 11) is -3.57. The Hall–Kier alpha value is -1.09. The molecule has 2 fully saturated rings. The first-order valence-electron chi connectivity index (χ1n) is 6.97. The van der Waals surface area contributed by atoms with Gasteiger partial charge in [0, 0.05) is 19.0 Å². The molecule has 6 nitrogen and oxygen atoms in total. The summed E-state index contributed by atoms with van der Waals surface area (Å²) in [5.41, 5.74) is 1.06. The minimum atomic E-state index is -3.57. The maximum atomic E-state index is 12.9. The van der Waals surface area contributed by atoms with Crippen LogP contribution in [0.4, 0.5) is 11.4 Å². The van der Waals surface area contributed by atoms with Gasteiger partial charge in [-0.25, -0.2) is 8.42 Å². The lowest BCUT2D eigenvalue weighted by Gasteiger charge is -2.19. The third-order valence-electron chi connectivity index (χ3n) is 4.65. The molecule has 0 bridgehead atoms. The largest absolute Gasteiger partial charge is 0.393 e. The molecule has 0 amide bonds. The molecule has 112 valence electrons. The van der Waals surface area contributed by atoms with E-state index in [2.05, 4.69) is 8.73 Å². The van der Waals surface area contributed by atoms with Gasteiger partial charge in [0.15, 0.2) is 0 Å². The third kappa shape index (κ3) is 2.01. The molecule has 3 unspecified atom stereocenters. The summed E-state index contributed by atoms with van der Waals surface area (Å²) in [4.78, 5) is 0.225. The lowest BCUT2D eigenvalue weighted by atomic mass is 10.00. The predicted molar refractivity (Wildman–Crippen MR) is 79.0 cm³/mol. The Balaban J connectivity index is 1.70. The maximum absolute atomic E-state index is 12.9. The van der Waals surface area contributed by atoms with E-state index in [1.807, 2.05) is 0 Å². The van der Waals surface area contributed by atoms with E-state index >= 15 is 0 Å². The van der Waals surface area contributed by atoms with Crippen LogP contribution in [0.15, 0.2) is 31.8 Å². The molecule has 4 rings (SSSR count). The van der Waals surface area contributed by atoms with Crippen molar-refractivity contribution in [1.29, 1.82) is 0 Å². The smallest absolute Gasteiger partial charge is 0.245 e. The number of aliphatic hydroxyl groups excluding tert-OH is 1. The van der Waals surface area contributed by atoms with Crippen molar-refractivity contribution >= 4 is 32.8 Å². The second-order valence-corrected chi connectivity index (χ2v) is 8.21. The number of sulfonamides is 1. The van der Waals surface area contributed by atoms with Gasteiger partial charge in [0.25, 0.3) is 0 Å². The second-order valence-electron chi connectivity index (χ2n) is 5.78. The van der Waals surface area contributed by atoms with Gasteiger partial charge in [0.1, 0.15) is 16.3 Å². The molecule has 0 spiro atoms. The predicted octanol–water partition coefficient (Wildman–Crippen LogP) is 1.80. The minimum absolute atomic E-state index is 0.0764. The molecule has 1 saturated heterocycles. The highest BCUT2D eigenvalue weighted by molar-refractivity contribution is 7.89. The molecular formula is C13H15N3O3S2. The van der Waals surface area contributed by atoms with Crippen molar-refractivity contribution in [3.8, 4) is 0 Å². The standard InChI is InChI=1S/C13H15N3O3S2/c17-11-5-4-8-6-16(7-9(8)11)21(18,19)12-3-1-2-10-13(12)15-20-14-10/h1-3,8-9,11,17H,4-7H2. The zero-order chi connectivity index (χ0) is 14.6. The van der Waals surface area contributed by atoms with Crippen LogP contribution >= 0.6 is 0 Å². The van der Waals surface area contributed by atoms with Crippen LogP contribution in [0.5, 0.6) is 0 Å². The lowest BCUT2D eigenvalue weighted by Crippen LogP contribution is -2.31. The van der Waals surface area contributed by atoms with Crippen LogP contribution in [-0.2, 0) is 21.4 Å².